The van der Waals surface area contributed by atoms with Gasteiger partial charge < -0.3 is 14.3 Å². The summed E-state index contributed by atoms with van der Waals surface area (Å²) >= 11 is 0. The first-order valence-corrected chi connectivity index (χ1v) is 22.9. The van der Waals surface area contributed by atoms with Crippen LogP contribution in [-0.2, 0) is 21.7 Å². The Morgan fingerprint density at radius 3 is 1.71 bits per heavy atom. The van der Waals surface area contributed by atoms with Gasteiger partial charge in [-0.25, -0.2) is 0 Å². The Kier molecular flexibility index (Phi) is 8.41. The monoisotopic (exact) mass is 819 g/mol. The van der Waals surface area contributed by atoms with E-state index >= 15 is 0 Å². The predicted octanol–water partition coefficient (Wildman–Crippen LogP) is 14.2. The topological polar surface area (TPSA) is 11.4 Å². The molecule has 63 heavy (non-hydrogen) atoms. The number of rotatable bonds is 4. The third-order valence-corrected chi connectivity index (χ3v) is 14.4. The summed E-state index contributed by atoms with van der Waals surface area (Å²) in [7, 11) is 0. The normalized spacial score (nSPS) is 15.2. The average Bonchev–Trinajstić information content (AvgIpc) is 3.71. The first-order chi connectivity index (χ1) is 29.9. The highest BCUT2D eigenvalue weighted by atomic mass is 15.1. The molecule has 7 aromatic carbocycles. The van der Waals surface area contributed by atoms with Crippen LogP contribution in [0.25, 0.3) is 38.8 Å². The lowest BCUT2D eigenvalue weighted by Crippen LogP contribution is -2.62. The van der Waals surface area contributed by atoms with Gasteiger partial charge in [-0.1, -0.05) is 161 Å². The first-order valence-electron chi connectivity index (χ1n) is 22.9. The molecule has 3 heterocycles. The number of para-hydroxylation sites is 2. The Morgan fingerprint density at radius 2 is 1.10 bits per heavy atom. The molecule has 11 rings (SSSR count). The van der Waals surface area contributed by atoms with Crippen molar-refractivity contribution in [3.63, 3.8) is 0 Å². The number of hydrogen-bond donors (Lipinski definition) is 0. The highest BCUT2D eigenvalue weighted by Gasteiger charge is 2.52. The lowest BCUT2D eigenvalue weighted by molar-refractivity contribution is 0.589. The number of anilines is 4. The molecule has 0 saturated heterocycles. The van der Waals surface area contributed by atoms with E-state index in [1.54, 1.807) is 0 Å². The Labute approximate surface area is 374 Å². The first kappa shape index (κ1) is 39.6. The van der Waals surface area contributed by atoms with Crippen molar-refractivity contribution in [3.8, 4) is 5.69 Å². The smallest absolute Gasteiger partial charge is 0.333 e. The summed E-state index contributed by atoms with van der Waals surface area (Å²) in [5.41, 5.74) is 21.9. The van der Waals surface area contributed by atoms with E-state index in [-0.39, 0.29) is 28.5 Å². The molecule has 2 aliphatic heterocycles. The van der Waals surface area contributed by atoms with Crippen molar-refractivity contribution >= 4 is 73.6 Å². The van der Waals surface area contributed by atoms with Crippen LogP contribution >= 0.6 is 0 Å². The lowest BCUT2D eigenvalue weighted by atomic mass is 9.43. The van der Waals surface area contributed by atoms with Crippen LogP contribution < -0.4 is 20.6 Å². The molecule has 0 unspecified atom stereocenters. The van der Waals surface area contributed by atoms with E-state index in [9.17, 15) is 0 Å². The van der Waals surface area contributed by atoms with Crippen molar-refractivity contribution in [1.29, 1.82) is 0 Å². The Morgan fingerprint density at radius 1 is 0.508 bits per heavy atom. The van der Waals surface area contributed by atoms with E-state index in [0.717, 1.165) is 17.1 Å². The summed E-state index contributed by atoms with van der Waals surface area (Å²) < 4.78 is 2.65. The second kappa shape index (κ2) is 13.4. The summed E-state index contributed by atoms with van der Waals surface area (Å²) in [6.45, 7) is 26.0. The molecule has 0 fully saturated rings. The summed E-state index contributed by atoms with van der Waals surface area (Å²) in [4.78, 5) is 5.15. The number of allylic oxidation sites excluding steroid dienone is 1. The molecular formula is C59H58BN3. The molecule has 0 radical (unpaired) electrons. The van der Waals surface area contributed by atoms with Crippen molar-refractivity contribution < 1.29 is 0 Å². The minimum atomic E-state index is -0.223. The fourth-order valence-corrected chi connectivity index (χ4v) is 11.0. The molecule has 1 aromatic heterocycles. The quantitative estimate of drug-likeness (QED) is 0.164. The third-order valence-electron chi connectivity index (χ3n) is 14.4. The van der Waals surface area contributed by atoms with Crippen LogP contribution in [-0.4, -0.2) is 11.4 Å². The molecule has 3 aliphatic rings. The van der Waals surface area contributed by atoms with Gasteiger partial charge in [-0.15, -0.1) is 0 Å². The molecule has 0 bridgehead atoms. The van der Waals surface area contributed by atoms with Gasteiger partial charge >= 0.3 is 6.85 Å². The molecule has 0 spiro atoms. The number of hydrogen-bond acceptors (Lipinski definition) is 2. The summed E-state index contributed by atoms with van der Waals surface area (Å²) in [6.07, 6.45) is 0. The maximum atomic E-state index is 2.75. The van der Waals surface area contributed by atoms with E-state index in [1.165, 1.54) is 88.8 Å². The molecule has 0 saturated carbocycles. The maximum Gasteiger partial charge on any atom is 0.333 e. The number of nitrogens with zero attached hydrogens (tertiary/aromatic N) is 3. The second-order valence-electron chi connectivity index (χ2n) is 21.9. The molecule has 0 atom stereocenters. The van der Waals surface area contributed by atoms with Crippen molar-refractivity contribution in [2.75, 3.05) is 9.71 Å². The molecule has 3 nitrogen and oxygen atoms in total. The molecule has 1 aliphatic carbocycles. The van der Waals surface area contributed by atoms with Crippen molar-refractivity contribution in [2.45, 2.75) is 97.8 Å². The van der Waals surface area contributed by atoms with Crippen LogP contribution in [0.4, 0.5) is 22.7 Å². The number of benzene rings is 7. The third kappa shape index (κ3) is 5.86. The molecule has 8 aromatic rings. The Bertz CT molecular complexity index is 3140. The SMILES string of the molecule is CC(C)(C)c1ccc(N2B3c4c(cc(C(C)(C)C)cc4-n4c5ccc(N(c6ccccc6)c6ccccc6)cc5c5cc(C(C)(C)C)cc3c54)C3=C2c2ccccc2C3(C)C)cc1. The van der Waals surface area contributed by atoms with Gasteiger partial charge in [-0.3, -0.25) is 0 Å². The van der Waals surface area contributed by atoms with Gasteiger partial charge in [-0.2, -0.15) is 0 Å². The van der Waals surface area contributed by atoms with Crippen LogP contribution in [0, 0.1) is 0 Å². The standard InChI is InChI=1S/C59H58BN3/c1-56(2,3)37-26-28-42(29-27-37)63-55-44-24-18-19-25-48(44)59(10,11)52(55)47-33-39(58(7,8)9)35-51-53(47)60(63)49-34-38(57(4,5)6)32-46-45-36-43(30-31-50(45)62(51)54(46)49)61(40-20-14-12-15-21-40)41-22-16-13-17-23-41/h12-36H,1-11H3. The zero-order valence-electron chi connectivity index (χ0n) is 38.9. The van der Waals surface area contributed by atoms with Gasteiger partial charge in [0, 0.05) is 55.9 Å². The molecule has 4 heteroatoms. The summed E-state index contributed by atoms with van der Waals surface area (Å²) in [6, 6.07) is 57.7. The minimum absolute atomic E-state index is 0.0460. The van der Waals surface area contributed by atoms with Crippen LogP contribution in [0.15, 0.2) is 152 Å². The maximum absolute atomic E-state index is 2.75. The Hall–Kier alpha value is -6.26. The van der Waals surface area contributed by atoms with Crippen LogP contribution in [0.3, 0.4) is 0 Å². The van der Waals surface area contributed by atoms with E-state index < -0.39 is 0 Å². The zero-order chi connectivity index (χ0) is 44.0. The molecule has 0 amide bonds. The zero-order valence-corrected chi connectivity index (χ0v) is 38.9. The van der Waals surface area contributed by atoms with Crippen molar-refractivity contribution in [2.24, 2.45) is 0 Å². The fourth-order valence-electron chi connectivity index (χ4n) is 11.0. The second-order valence-corrected chi connectivity index (χ2v) is 21.9. The largest absolute Gasteiger partial charge is 0.376 e. The molecule has 0 N–H and O–H groups in total. The van der Waals surface area contributed by atoms with Gasteiger partial charge in [0.05, 0.1) is 11.0 Å². The van der Waals surface area contributed by atoms with Crippen molar-refractivity contribution in [1.82, 2.24) is 4.57 Å². The highest BCUT2D eigenvalue weighted by Crippen LogP contribution is 2.56. The predicted molar refractivity (Wildman–Crippen MR) is 272 cm³/mol. The van der Waals surface area contributed by atoms with Crippen LogP contribution in [0.2, 0.25) is 0 Å². The lowest BCUT2D eigenvalue weighted by Gasteiger charge is -2.44. The molecule has 312 valence electrons. The van der Waals surface area contributed by atoms with Gasteiger partial charge in [0.1, 0.15) is 0 Å². The molecular weight excluding hydrogens is 761 g/mol. The summed E-state index contributed by atoms with van der Waals surface area (Å²) in [5, 5.41) is 2.58. The van der Waals surface area contributed by atoms with Crippen LogP contribution in [0.1, 0.15) is 110 Å². The van der Waals surface area contributed by atoms with Crippen LogP contribution in [0.5, 0.6) is 0 Å². The minimum Gasteiger partial charge on any atom is -0.376 e. The average molecular weight is 820 g/mol. The number of fused-ring (bicyclic) bond motifs is 8. The van der Waals surface area contributed by atoms with Crippen molar-refractivity contribution in [3.05, 3.63) is 185 Å². The van der Waals surface area contributed by atoms with E-state index in [4.69, 9.17) is 0 Å². The van der Waals surface area contributed by atoms with E-state index in [2.05, 4.69) is 242 Å². The van der Waals surface area contributed by atoms with Gasteiger partial charge in [-0.05, 0) is 127 Å². The fraction of sp³-hybridized carbons (Fsp3) is 0.254. The van der Waals surface area contributed by atoms with E-state index in [1.807, 2.05) is 0 Å². The summed E-state index contributed by atoms with van der Waals surface area (Å²) in [5.74, 6) is 0. The van der Waals surface area contributed by atoms with E-state index in [0.29, 0.717) is 0 Å². The van der Waals surface area contributed by atoms with Gasteiger partial charge in [0.15, 0.2) is 0 Å². The van der Waals surface area contributed by atoms with Gasteiger partial charge in [0.25, 0.3) is 0 Å². The highest BCUT2D eigenvalue weighted by molar-refractivity contribution is 6.94. The Balaban J connectivity index is 1.29. The van der Waals surface area contributed by atoms with Gasteiger partial charge in [0.2, 0.25) is 0 Å². The number of aromatic nitrogens is 1.